The van der Waals surface area contributed by atoms with Crippen molar-refractivity contribution in [2.24, 2.45) is 5.10 Å². The highest BCUT2D eigenvalue weighted by Gasteiger charge is 2.12. The molecule has 0 aliphatic rings. The molecule has 2 aromatic carbocycles. The smallest absolute Gasteiger partial charge is 0.329 e. The van der Waals surface area contributed by atoms with Gasteiger partial charge >= 0.3 is 11.8 Å². The number of carbonyl (C=O) groups excluding carboxylic acids is 3. The summed E-state index contributed by atoms with van der Waals surface area (Å²) in [5, 5.41) is 9.32. The van der Waals surface area contributed by atoms with Crippen LogP contribution in [0.3, 0.4) is 0 Å². The molecule has 9 heteroatoms. The molecule has 0 aromatic heterocycles. The summed E-state index contributed by atoms with van der Waals surface area (Å²) in [6, 6.07) is 13.2. The standard InChI is InChI=1S/C20H21ClN4O4/c1-13(2)23-18(26)12-29-17-8-6-14(7-9-17)11-22-25-20(28)19(27)24-16-5-3-4-15(21)10-16/h3-11,13H,12H2,1-2H3,(H,23,26)(H,24,27)(H,25,28)/b22-11-. The number of anilines is 1. The van der Waals surface area contributed by atoms with Gasteiger partial charge < -0.3 is 15.4 Å². The molecule has 152 valence electrons. The molecule has 0 aliphatic heterocycles. The Bertz CT molecular complexity index is 898. The number of nitrogens with zero attached hydrogens (tertiary/aromatic N) is 1. The van der Waals surface area contributed by atoms with Crippen LogP contribution in [0.5, 0.6) is 5.75 Å². The number of hydrazone groups is 1. The summed E-state index contributed by atoms with van der Waals surface area (Å²) in [5.74, 6) is -1.47. The molecule has 0 bridgehead atoms. The van der Waals surface area contributed by atoms with Crippen LogP contribution in [0.2, 0.25) is 5.02 Å². The average Bonchev–Trinajstić information content (AvgIpc) is 2.66. The first-order valence-electron chi connectivity index (χ1n) is 8.75. The largest absolute Gasteiger partial charge is 0.484 e. The predicted molar refractivity (Wildman–Crippen MR) is 111 cm³/mol. The number of ether oxygens (including phenoxy) is 1. The molecule has 3 amide bonds. The Morgan fingerprint density at radius 1 is 1.10 bits per heavy atom. The molecular formula is C20H21ClN4O4. The average molecular weight is 417 g/mol. The SMILES string of the molecule is CC(C)NC(=O)COc1ccc(/C=N\NC(=O)C(=O)Nc2cccc(Cl)c2)cc1. The second kappa shape index (κ2) is 10.8. The van der Waals surface area contributed by atoms with Crippen LogP contribution in [-0.2, 0) is 14.4 Å². The normalized spacial score (nSPS) is 10.6. The van der Waals surface area contributed by atoms with Crippen molar-refractivity contribution in [3.05, 3.63) is 59.1 Å². The van der Waals surface area contributed by atoms with Crippen LogP contribution >= 0.6 is 11.6 Å². The minimum absolute atomic E-state index is 0.0486. The van der Waals surface area contributed by atoms with Gasteiger partial charge in [-0.3, -0.25) is 14.4 Å². The first kappa shape index (κ1) is 21.9. The van der Waals surface area contributed by atoms with Crippen molar-refractivity contribution >= 4 is 41.2 Å². The zero-order valence-corrected chi connectivity index (χ0v) is 16.7. The molecule has 3 N–H and O–H groups in total. The van der Waals surface area contributed by atoms with E-state index in [1.54, 1.807) is 42.5 Å². The van der Waals surface area contributed by atoms with Crippen molar-refractivity contribution < 1.29 is 19.1 Å². The zero-order chi connectivity index (χ0) is 21.2. The van der Waals surface area contributed by atoms with E-state index >= 15 is 0 Å². The second-order valence-corrected chi connectivity index (χ2v) is 6.68. The van der Waals surface area contributed by atoms with Gasteiger partial charge in [-0.2, -0.15) is 5.10 Å². The molecule has 0 atom stereocenters. The van der Waals surface area contributed by atoms with Gasteiger partial charge in [0.1, 0.15) is 5.75 Å². The van der Waals surface area contributed by atoms with Gasteiger partial charge in [0.05, 0.1) is 6.21 Å². The fraction of sp³-hybridized carbons (Fsp3) is 0.200. The Labute approximate surface area is 173 Å². The minimum Gasteiger partial charge on any atom is -0.484 e. The molecule has 2 rings (SSSR count). The van der Waals surface area contributed by atoms with Gasteiger partial charge in [-0.05, 0) is 61.9 Å². The first-order chi connectivity index (χ1) is 13.8. The van der Waals surface area contributed by atoms with Crippen LogP contribution in [0.25, 0.3) is 0 Å². The number of rotatable bonds is 7. The predicted octanol–water partition coefficient (Wildman–Crippen LogP) is 2.33. The summed E-state index contributed by atoms with van der Waals surface area (Å²) in [6.07, 6.45) is 1.37. The molecular weight excluding hydrogens is 396 g/mol. The number of benzene rings is 2. The maximum absolute atomic E-state index is 11.8. The Balaban J connectivity index is 1.79. The summed E-state index contributed by atoms with van der Waals surface area (Å²) >= 11 is 5.82. The van der Waals surface area contributed by atoms with E-state index < -0.39 is 11.8 Å². The maximum Gasteiger partial charge on any atom is 0.329 e. The van der Waals surface area contributed by atoms with Gasteiger partial charge in [0.2, 0.25) is 0 Å². The van der Waals surface area contributed by atoms with Crippen molar-refractivity contribution in [3.8, 4) is 5.75 Å². The number of nitrogens with one attached hydrogen (secondary N) is 3. The molecule has 29 heavy (non-hydrogen) atoms. The number of carbonyl (C=O) groups is 3. The lowest BCUT2D eigenvalue weighted by Crippen LogP contribution is -2.34. The number of hydrogen-bond acceptors (Lipinski definition) is 5. The second-order valence-electron chi connectivity index (χ2n) is 6.24. The Hall–Kier alpha value is -3.39. The number of hydrogen-bond donors (Lipinski definition) is 3. The van der Waals surface area contributed by atoms with Crippen LogP contribution in [0.1, 0.15) is 19.4 Å². The molecule has 0 saturated carbocycles. The van der Waals surface area contributed by atoms with Crippen LogP contribution in [0, 0.1) is 0 Å². The molecule has 0 spiro atoms. The molecule has 0 heterocycles. The zero-order valence-electron chi connectivity index (χ0n) is 15.9. The molecule has 0 unspecified atom stereocenters. The molecule has 0 saturated heterocycles. The summed E-state index contributed by atoms with van der Waals surface area (Å²) in [7, 11) is 0. The molecule has 0 fully saturated rings. The quantitative estimate of drug-likeness (QED) is 0.365. The van der Waals surface area contributed by atoms with E-state index in [4.69, 9.17) is 16.3 Å². The lowest BCUT2D eigenvalue weighted by Gasteiger charge is -2.09. The lowest BCUT2D eigenvalue weighted by atomic mass is 10.2. The van der Waals surface area contributed by atoms with E-state index in [1.807, 2.05) is 13.8 Å². The van der Waals surface area contributed by atoms with E-state index in [2.05, 4.69) is 21.2 Å². The fourth-order valence-corrected chi connectivity index (χ4v) is 2.32. The molecule has 0 radical (unpaired) electrons. The van der Waals surface area contributed by atoms with Gasteiger partial charge in [0.15, 0.2) is 6.61 Å². The Kier molecular flexibility index (Phi) is 8.17. The van der Waals surface area contributed by atoms with Crippen molar-refractivity contribution in [1.82, 2.24) is 10.7 Å². The number of halogens is 1. The molecule has 2 aromatic rings. The summed E-state index contributed by atoms with van der Waals surface area (Å²) in [4.78, 5) is 35.1. The topological polar surface area (TPSA) is 109 Å². The van der Waals surface area contributed by atoms with Gasteiger partial charge in [-0.1, -0.05) is 17.7 Å². The summed E-state index contributed by atoms with van der Waals surface area (Å²) < 4.78 is 5.37. The van der Waals surface area contributed by atoms with Crippen LogP contribution in [0.15, 0.2) is 53.6 Å². The van der Waals surface area contributed by atoms with E-state index in [9.17, 15) is 14.4 Å². The first-order valence-corrected chi connectivity index (χ1v) is 9.13. The van der Waals surface area contributed by atoms with Crippen molar-refractivity contribution in [1.29, 1.82) is 0 Å². The highest BCUT2D eigenvalue weighted by molar-refractivity contribution is 6.39. The van der Waals surface area contributed by atoms with E-state index in [-0.39, 0.29) is 18.6 Å². The van der Waals surface area contributed by atoms with Crippen LogP contribution in [-0.4, -0.2) is 36.6 Å². The van der Waals surface area contributed by atoms with Gasteiger partial charge in [0, 0.05) is 16.8 Å². The Morgan fingerprint density at radius 2 is 1.83 bits per heavy atom. The van der Waals surface area contributed by atoms with E-state index in [1.165, 1.54) is 12.3 Å². The molecule has 8 nitrogen and oxygen atoms in total. The molecule has 0 aliphatic carbocycles. The van der Waals surface area contributed by atoms with Crippen molar-refractivity contribution in [3.63, 3.8) is 0 Å². The number of amides is 3. The fourth-order valence-electron chi connectivity index (χ4n) is 2.13. The third kappa shape index (κ3) is 8.02. The van der Waals surface area contributed by atoms with Crippen molar-refractivity contribution in [2.45, 2.75) is 19.9 Å². The van der Waals surface area contributed by atoms with Crippen LogP contribution in [0.4, 0.5) is 5.69 Å². The summed E-state index contributed by atoms with van der Waals surface area (Å²) in [6.45, 7) is 3.65. The van der Waals surface area contributed by atoms with Gasteiger partial charge in [-0.25, -0.2) is 5.43 Å². The van der Waals surface area contributed by atoms with Crippen LogP contribution < -0.4 is 20.8 Å². The van der Waals surface area contributed by atoms with E-state index in [0.29, 0.717) is 22.0 Å². The minimum atomic E-state index is -0.919. The summed E-state index contributed by atoms with van der Waals surface area (Å²) in [5.41, 5.74) is 3.21. The third-order valence-electron chi connectivity index (χ3n) is 3.37. The highest BCUT2D eigenvalue weighted by atomic mass is 35.5. The lowest BCUT2D eigenvalue weighted by molar-refractivity contribution is -0.136. The monoisotopic (exact) mass is 416 g/mol. The van der Waals surface area contributed by atoms with Crippen molar-refractivity contribution in [2.75, 3.05) is 11.9 Å². The Morgan fingerprint density at radius 3 is 2.48 bits per heavy atom. The third-order valence-corrected chi connectivity index (χ3v) is 3.60. The van der Waals surface area contributed by atoms with Gasteiger partial charge in [0.25, 0.3) is 5.91 Å². The van der Waals surface area contributed by atoms with Gasteiger partial charge in [-0.15, -0.1) is 0 Å². The van der Waals surface area contributed by atoms with E-state index in [0.717, 1.165) is 0 Å². The maximum atomic E-state index is 11.8. The highest BCUT2D eigenvalue weighted by Crippen LogP contribution is 2.14.